The first-order valence-corrected chi connectivity index (χ1v) is 6.00. The van der Waals surface area contributed by atoms with E-state index in [0.29, 0.717) is 13.2 Å². The summed E-state index contributed by atoms with van der Waals surface area (Å²) in [5, 5.41) is 3.39. The molecule has 5 heteroatoms. The van der Waals surface area contributed by atoms with E-state index in [1.807, 2.05) is 6.20 Å². The van der Waals surface area contributed by atoms with Crippen molar-refractivity contribution < 1.29 is 9.47 Å². The molecular formula is C12H23N3O2. The summed E-state index contributed by atoms with van der Waals surface area (Å²) in [4.78, 5) is 4.33. The summed E-state index contributed by atoms with van der Waals surface area (Å²) in [7, 11) is 3.42. The molecule has 17 heavy (non-hydrogen) atoms. The van der Waals surface area contributed by atoms with Crippen LogP contribution in [0.4, 0.5) is 5.95 Å². The van der Waals surface area contributed by atoms with Gasteiger partial charge in [-0.05, 0) is 13.3 Å². The van der Waals surface area contributed by atoms with Crippen LogP contribution in [0.3, 0.4) is 0 Å². The van der Waals surface area contributed by atoms with E-state index in [1.165, 1.54) is 0 Å². The maximum atomic E-state index is 5.17. The zero-order chi connectivity index (χ0) is 12.7. The molecule has 1 rings (SSSR count). The molecule has 0 aliphatic heterocycles. The van der Waals surface area contributed by atoms with E-state index in [-0.39, 0.29) is 12.1 Å². The molecule has 0 aliphatic carbocycles. The summed E-state index contributed by atoms with van der Waals surface area (Å²) in [5.41, 5.74) is 0. The average molecular weight is 241 g/mol. The number of hydrogen-bond donors (Lipinski definition) is 1. The lowest BCUT2D eigenvalue weighted by Gasteiger charge is -2.20. The van der Waals surface area contributed by atoms with E-state index in [9.17, 15) is 0 Å². The van der Waals surface area contributed by atoms with Gasteiger partial charge >= 0.3 is 0 Å². The Morgan fingerprint density at radius 3 is 2.65 bits per heavy atom. The molecule has 2 atom stereocenters. The van der Waals surface area contributed by atoms with Gasteiger partial charge in [-0.15, -0.1) is 0 Å². The van der Waals surface area contributed by atoms with Crippen LogP contribution in [-0.4, -0.2) is 43.0 Å². The van der Waals surface area contributed by atoms with Gasteiger partial charge in [0, 0.05) is 26.6 Å². The Morgan fingerprint density at radius 2 is 2.06 bits per heavy atom. The van der Waals surface area contributed by atoms with E-state index in [0.717, 1.165) is 12.4 Å². The first-order chi connectivity index (χ1) is 8.22. The Morgan fingerprint density at radius 1 is 1.35 bits per heavy atom. The van der Waals surface area contributed by atoms with Crippen LogP contribution in [0, 0.1) is 0 Å². The molecule has 0 aromatic carbocycles. The van der Waals surface area contributed by atoms with Crippen LogP contribution in [0.15, 0.2) is 12.4 Å². The van der Waals surface area contributed by atoms with Crippen molar-refractivity contribution in [2.45, 2.75) is 32.4 Å². The van der Waals surface area contributed by atoms with Crippen molar-refractivity contribution in [1.82, 2.24) is 9.55 Å². The fourth-order valence-electron chi connectivity index (χ4n) is 1.75. The van der Waals surface area contributed by atoms with Gasteiger partial charge in [-0.1, -0.05) is 6.92 Å². The summed E-state index contributed by atoms with van der Waals surface area (Å²) in [5.74, 6) is 0.874. The van der Waals surface area contributed by atoms with Gasteiger partial charge in [0.05, 0.1) is 25.3 Å². The topological polar surface area (TPSA) is 48.3 Å². The zero-order valence-corrected chi connectivity index (χ0v) is 11.1. The zero-order valence-electron chi connectivity index (χ0n) is 11.1. The molecule has 0 saturated carbocycles. The Bertz CT molecular complexity index is 314. The first kappa shape index (κ1) is 14.0. The molecule has 2 unspecified atom stereocenters. The highest BCUT2D eigenvalue weighted by molar-refractivity contribution is 5.28. The van der Waals surface area contributed by atoms with Crippen LogP contribution in [0.5, 0.6) is 0 Å². The maximum absolute atomic E-state index is 5.17. The number of hydrogen-bond acceptors (Lipinski definition) is 4. The van der Waals surface area contributed by atoms with Crippen molar-refractivity contribution in [1.29, 1.82) is 0 Å². The van der Waals surface area contributed by atoms with Crippen LogP contribution in [0.2, 0.25) is 0 Å². The third-order valence-electron chi connectivity index (χ3n) is 2.75. The molecule has 0 spiro atoms. The van der Waals surface area contributed by atoms with Gasteiger partial charge in [0.15, 0.2) is 0 Å². The van der Waals surface area contributed by atoms with Gasteiger partial charge in [0.25, 0.3) is 0 Å². The van der Waals surface area contributed by atoms with Gasteiger partial charge in [0.2, 0.25) is 5.95 Å². The van der Waals surface area contributed by atoms with Crippen LogP contribution in [0.25, 0.3) is 0 Å². The Kier molecular flexibility index (Phi) is 6.00. The Hall–Kier alpha value is -1.07. The largest absolute Gasteiger partial charge is 0.383 e. The number of nitrogens with zero attached hydrogens (tertiary/aromatic N) is 2. The predicted octanol–water partition coefficient (Wildman–Crippen LogP) is 1.93. The lowest BCUT2D eigenvalue weighted by atomic mass is 10.2. The molecule has 0 radical (unpaired) electrons. The van der Waals surface area contributed by atoms with E-state index in [1.54, 1.807) is 20.4 Å². The molecule has 5 nitrogen and oxygen atoms in total. The second kappa shape index (κ2) is 7.29. The predicted molar refractivity (Wildman–Crippen MR) is 68.4 cm³/mol. The fraction of sp³-hybridized carbons (Fsp3) is 0.750. The van der Waals surface area contributed by atoms with Crippen LogP contribution in [0.1, 0.15) is 26.3 Å². The molecule has 0 fully saturated rings. The molecule has 98 valence electrons. The van der Waals surface area contributed by atoms with Crippen molar-refractivity contribution in [2.75, 3.05) is 32.8 Å². The highest BCUT2D eigenvalue weighted by Gasteiger charge is 2.13. The highest BCUT2D eigenvalue weighted by Crippen LogP contribution is 2.15. The summed E-state index contributed by atoms with van der Waals surface area (Å²) in [6.45, 7) is 5.59. The van der Waals surface area contributed by atoms with Crippen LogP contribution < -0.4 is 5.32 Å². The number of imidazole rings is 1. The molecular weight excluding hydrogens is 218 g/mol. The molecule has 0 saturated heterocycles. The minimum atomic E-state index is 0.269. The normalized spacial score (nSPS) is 14.6. The third kappa shape index (κ3) is 4.02. The molecule has 1 heterocycles. The summed E-state index contributed by atoms with van der Waals surface area (Å²) in [6.07, 6.45) is 4.76. The second-order valence-electron chi connectivity index (χ2n) is 4.17. The van der Waals surface area contributed by atoms with E-state index >= 15 is 0 Å². The number of ether oxygens (including phenoxy) is 2. The van der Waals surface area contributed by atoms with Crippen molar-refractivity contribution in [3.05, 3.63) is 12.4 Å². The monoisotopic (exact) mass is 241 g/mol. The fourth-order valence-corrected chi connectivity index (χ4v) is 1.75. The van der Waals surface area contributed by atoms with E-state index in [4.69, 9.17) is 9.47 Å². The lowest BCUT2D eigenvalue weighted by molar-refractivity contribution is 0.162. The molecule has 0 aliphatic rings. The van der Waals surface area contributed by atoms with Gasteiger partial charge in [-0.2, -0.15) is 0 Å². The van der Waals surface area contributed by atoms with Gasteiger partial charge in [0.1, 0.15) is 0 Å². The van der Waals surface area contributed by atoms with Crippen molar-refractivity contribution in [2.24, 2.45) is 0 Å². The van der Waals surface area contributed by atoms with Crippen molar-refractivity contribution in [3.8, 4) is 0 Å². The minimum Gasteiger partial charge on any atom is -0.383 e. The molecule has 0 bridgehead atoms. The standard InChI is InChI=1S/C12H23N3O2/c1-5-11(9-17-4)14-12-13-6-7-15(12)10(2)8-16-3/h6-7,10-11H,5,8-9H2,1-4H3,(H,13,14). The lowest BCUT2D eigenvalue weighted by Crippen LogP contribution is -2.26. The van der Waals surface area contributed by atoms with Gasteiger partial charge in [-0.3, -0.25) is 0 Å². The second-order valence-corrected chi connectivity index (χ2v) is 4.17. The SMILES string of the molecule is CCC(COC)Nc1nccn1C(C)COC. The number of methoxy groups -OCH3 is 2. The smallest absolute Gasteiger partial charge is 0.203 e. The number of anilines is 1. The molecule has 1 N–H and O–H groups in total. The number of aromatic nitrogens is 2. The quantitative estimate of drug-likeness (QED) is 0.755. The molecule has 0 amide bonds. The first-order valence-electron chi connectivity index (χ1n) is 6.00. The average Bonchev–Trinajstić information content (AvgIpc) is 2.77. The van der Waals surface area contributed by atoms with Crippen molar-refractivity contribution >= 4 is 5.95 Å². The van der Waals surface area contributed by atoms with Crippen LogP contribution >= 0.6 is 0 Å². The maximum Gasteiger partial charge on any atom is 0.203 e. The Labute approximate surface area is 103 Å². The number of rotatable bonds is 8. The van der Waals surface area contributed by atoms with Gasteiger partial charge < -0.3 is 19.4 Å². The summed E-state index contributed by atoms with van der Waals surface area (Å²) < 4.78 is 12.4. The minimum absolute atomic E-state index is 0.269. The molecule has 1 aromatic rings. The van der Waals surface area contributed by atoms with E-state index in [2.05, 4.69) is 28.7 Å². The Balaban J connectivity index is 2.67. The summed E-state index contributed by atoms with van der Waals surface area (Å²) >= 11 is 0. The van der Waals surface area contributed by atoms with Crippen LogP contribution in [-0.2, 0) is 9.47 Å². The van der Waals surface area contributed by atoms with Gasteiger partial charge in [-0.25, -0.2) is 4.98 Å². The van der Waals surface area contributed by atoms with E-state index < -0.39 is 0 Å². The number of nitrogens with one attached hydrogen (secondary N) is 1. The summed E-state index contributed by atoms with van der Waals surface area (Å²) in [6, 6.07) is 0.556. The highest BCUT2D eigenvalue weighted by atomic mass is 16.5. The van der Waals surface area contributed by atoms with Crippen molar-refractivity contribution in [3.63, 3.8) is 0 Å². The third-order valence-corrected chi connectivity index (χ3v) is 2.75. The molecule has 1 aromatic heterocycles.